The van der Waals surface area contributed by atoms with Gasteiger partial charge in [0.15, 0.2) is 0 Å². The quantitative estimate of drug-likeness (QED) is 0.920. The lowest BCUT2D eigenvalue weighted by Crippen LogP contribution is -2.34. The van der Waals surface area contributed by atoms with Crippen LogP contribution in [0.2, 0.25) is 5.02 Å². The summed E-state index contributed by atoms with van der Waals surface area (Å²) in [5.41, 5.74) is 1.18. The Morgan fingerprint density at radius 1 is 1.35 bits per heavy atom. The Morgan fingerprint density at radius 2 is 2.20 bits per heavy atom. The topological polar surface area (TPSA) is 39.1 Å². The molecule has 2 atom stereocenters. The molecule has 3 rings (SSSR count). The number of benzene rings is 1. The molecule has 1 fully saturated rings. The van der Waals surface area contributed by atoms with E-state index in [1.54, 1.807) is 6.20 Å². The summed E-state index contributed by atoms with van der Waals surface area (Å²) in [4.78, 5) is 0. The molecule has 0 spiro atoms. The summed E-state index contributed by atoms with van der Waals surface area (Å²) in [6.07, 6.45) is 4.93. The van der Waals surface area contributed by atoms with Gasteiger partial charge in [-0.1, -0.05) is 23.7 Å². The highest BCUT2D eigenvalue weighted by Gasteiger charge is 2.28. The average molecular weight is 292 g/mol. The minimum Gasteiger partial charge on any atom is -0.372 e. The van der Waals surface area contributed by atoms with Crippen molar-refractivity contribution in [3.05, 3.63) is 53.3 Å². The van der Waals surface area contributed by atoms with Crippen LogP contribution in [0.4, 0.5) is 0 Å². The number of ether oxygens (including phenoxy) is 1. The Hall–Kier alpha value is -1.36. The first kappa shape index (κ1) is 13.6. The molecule has 1 aromatic heterocycles. The lowest BCUT2D eigenvalue weighted by atomic mass is 10.0. The van der Waals surface area contributed by atoms with Gasteiger partial charge in [0.2, 0.25) is 0 Å². The second-order valence-corrected chi connectivity index (χ2v) is 5.40. The second-order valence-electron chi connectivity index (χ2n) is 4.96. The normalized spacial score (nSPS) is 22.2. The SMILES string of the molecule is Clc1ccc([C@@H]2OCC[C@H]2NCCn2cccn2)cc1. The van der Waals surface area contributed by atoms with Crippen molar-refractivity contribution in [3.8, 4) is 0 Å². The summed E-state index contributed by atoms with van der Waals surface area (Å²) < 4.78 is 7.78. The van der Waals surface area contributed by atoms with Crippen LogP contribution in [0.1, 0.15) is 18.1 Å². The van der Waals surface area contributed by atoms with Crippen molar-refractivity contribution in [2.75, 3.05) is 13.2 Å². The van der Waals surface area contributed by atoms with E-state index in [9.17, 15) is 0 Å². The van der Waals surface area contributed by atoms with Crippen molar-refractivity contribution in [1.29, 1.82) is 0 Å². The Morgan fingerprint density at radius 3 is 2.95 bits per heavy atom. The van der Waals surface area contributed by atoms with E-state index in [-0.39, 0.29) is 6.10 Å². The zero-order valence-electron chi connectivity index (χ0n) is 11.2. The van der Waals surface area contributed by atoms with Gasteiger partial charge in [-0.05, 0) is 30.2 Å². The molecular weight excluding hydrogens is 274 g/mol. The first-order valence-electron chi connectivity index (χ1n) is 6.91. The Bertz CT molecular complexity index is 527. The van der Waals surface area contributed by atoms with Gasteiger partial charge in [-0.3, -0.25) is 4.68 Å². The minimum atomic E-state index is 0.116. The second kappa shape index (κ2) is 6.39. The van der Waals surface area contributed by atoms with Crippen LogP contribution in [-0.2, 0) is 11.3 Å². The van der Waals surface area contributed by atoms with Gasteiger partial charge in [0.1, 0.15) is 0 Å². The van der Waals surface area contributed by atoms with Crippen LogP contribution in [0.25, 0.3) is 0 Å². The number of hydrogen-bond acceptors (Lipinski definition) is 3. The summed E-state index contributed by atoms with van der Waals surface area (Å²) in [5.74, 6) is 0. The molecule has 1 aliphatic rings. The zero-order chi connectivity index (χ0) is 13.8. The van der Waals surface area contributed by atoms with Gasteiger partial charge in [-0.25, -0.2) is 0 Å². The monoisotopic (exact) mass is 291 g/mol. The zero-order valence-corrected chi connectivity index (χ0v) is 12.0. The van der Waals surface area contributed by atoms with E-state index in [0.29, 0.717) is 6.04 Å². The summed E-state index contributed by atoms with van der Waals surface area (Å²) in [5, 5.41) is 8.52. The molecule has 1 aliphatic heterocycles. The number of hydrogen-bond donors (Lipinski definition) is 1. The van der Waals surface area contributed by atoms with Crippen LogP contribution in [0.3, 0.4) is 0 Å². The molecule has 0 bridgehead atoms. The molecule has 106 valence electrons. The lowest BCUT2D eigenvalue weighted by molar-refractivity contribution is 0.0986. The summed E-state index contributed by atoms with van der Waals surface area (Å²) in [6, 6.07) is 10.2. The number of nitrogens with one attached hydrogen (secondary N) is 1. The molecule has 1 saturated heterocycles. The largest absolute Gasteiger partial charge is 0.372 e. The number of aromatic nitrogens is 2. The molecule has 2 heterocycles. The fraction of sp³-hybridized carbons (Fsp3) is 0.400. The van der Waals surface area contributed by atoms with Gasteiger partial charge in [-0.2, -0.15) is 5.10 Å². The van der Waals surface area contributed by atoms with Gasteiger partial charge >= 0.3 is 0 Å². The Labute approximate surface area is 123 Å². The highest BCUT2D eigenvalue weighted by Crippen LogP contribution is 2.29. The van der Waals surface area contributed by atoms with E-state index < -0.39 is 0 Å². The van der Waals surface area contributed by atoms with Crippen molar-refractivity contribution in [3.63, 3.8) is 0 Å². The number of nitrogens with zero attached hydrogens (tertiary/aromatic N) is 2. The third kappa shape index (κ3) is 3.20. The minimum absolute atomic E-state index is 0.116. The first-order valence-corrected chi connectivity index (χ1v) is 7.28. The summed E-state index contributed by atoms with van der Waals surface area (Å²) in [6.45, 7) is 2.56. The third-order valence-electron chi connectivity index (χ3n) is 3.60. The van der Waals surface area contributed by atoms with Crippen molar-refractivity contribution in [2.24, 2.45) is 0 Å². The highest BCUT2D eigenvalue weighted by molar-refractivity contribution is 6.30. The van der Waals surface area contributed by atoms with E-state index in [1.165, 1.54) is 5.56 Å². The molecule has 5 heteroatoms. The Kier molecular flexibility index (Phi) is 4.35. The standard InChI is InChI=1S/C15H18ClN3O/c16-13-4-2-12(3-5-13)15-14(6-11-20-15)17-8-10-19-9-1-7-18-19/h1-5,7,9,14-15,17H,6,8,10-11H2/t14-,15+/m1/s1. The molecule has 0 aliphatic carbocycles. The van der Waals surface area contributed by atoms with E-state index >= 15 is 0 Å². The molecular formula is C15H18ClN3O. The molecule has 0 saturated carbocycles. The molecule has 0 unspecified atom stereocenters. The van der Waals surface area contributed by atoms with Crippen molar-refractivity contribution in [1.82, 2.24) is 15.1 Å². The van der Waals surface area contributed by atoms with Crippen molar-refractivity contribution < 1.29 is 4.74 Å². The highest BCUT2D eigenvalue weighted by atomic mass is 35.5. The molecule has 0 radical (unpaired) electrons. The molecule has 20 heavy (non-hydrogen) atoms. The lowest BCUT2D eigenvalue weighted by Gasteiger charge is -2.20. The van der Waals surface area contributed by atoms with Crippen LogP contribution in [0.15, 0.2) is 42.7 Å². The number of rotatable bonds is 5. The molecule has 1 aromatic carbocycles. The van der Waals surface area contributed by atoms with Crippen LogP contribution in [0.5, 0.6) is 0 Å². The van der Waals surface area contributed by atoms with Gasteiger partial charge in [0, 0.05) is 36.6 Å². The maximum Gasteiger partial charge on any atom is 0.0978 e. The molecule has 0 amide bonds. The maximum absolute atomic E-state index is 5.93. The van der Waals surface area contributed by atoms with E-state index in [1.807, 2.05) is 41.2 Å². The maximum atomic E-state index is 5.93. The molecule has 4 nitrogen and oxygen atoms in total. The average Bonchev–Trinajstić information content (AvgIpc) is 3.11. The first-order chi connectivity index (χ1) is 9.83. The van der Waals surface area contributed by atoms with E-state index in [2.05, 4.69) is 10.4 Å². The predicted molar refractivity (Wildman–Crippen MR) is 78.8 cm³/mol. The van der Waals surface area contributed by atoms with Crippen LogP contribution in [0, 0.1) is 0 Å². The van der Waals surface area contributed by atoms with Gasteiger partial charge < -0.3 is 10.1 Å². The van der Waals surface area contributed by atoms with Gasteiger partial charge in [-0.15, -0.1) is 0 Å². The fourth-order valence-electron chi connectivity index (χ4n) is 2.58. The van der Waals surface area contributed by atoms with E-state index in [4.69, 9.17) is 16.3 Å². The third-order valence-corrected chi connectivity index (χ3v) is 3.85. The van der Waals surface area contributed by atoms with Gasteiger partial charge in [0.25, 0.3) is 0 Å². The fourth-order valence-corrected chi connectivity index (χ4v) is 2.70. The van der Waals surface area contributed by atoms with Crippen LogP contribution < -0.4 is 5.32 Å². The smallest absolute Gasteiger partial charge is 0.0978 e. The summed E-state index contributed by atoms with van der Waals surface area (Å²) >= 11 is 5.93. The Balaban J connectivity index is 1.56. The molecule has 1 N–H and O–H groups in total. The van der Waals surface area contributed by atoms with Crippen LogP contribution >= 0.6 is 11.6 Å². The summed E-state index contributed by atoms with van der Waals surface area (Å²) in [7, 11) is 0. The van der Waals surface area contributed by atoms with E-state index in [0.717, 1.165) is 31.1 Å². The van der Waals surface area contributed by atoms with Crippen LogP contribution in [-0.4, -0.2) is 29.0 Å². The van der Waals surface area contributed by atoms with Crippen molar-refractivity contribution >= 4 is 11.6 Å². The molecule has 2 aromatic rings. The number of halogens is 1. The predicted octanol–water partition coefficient (Wildman–Crippen LogP) is 2.66. The van der Waals surface area contributed by atoms with Crippen molar-refractivity contribution in [2.45, 2.75) is 25.1 Å². The van der Waals surface area contributed by atoms with Gasteiger partial charge in [0.05, 0.1) is 12.6 Å².